The second-order valence-electron chi connectivity index (χ2n) is 18.2. The van der Waals surface area contributed by atoms with Crippen LogP contribution in [0.1, 0.15) is 78.4 Å². The number of methoxy groups -OCH3 is 1. The molecule has 3 aliphatic heterocycles. The lowest BCUT2D eigenvalue weighted by Gasteiger charge is -2.37. The molecule has 3 aliphatic rings. The van der Waals surface area contributed by atoms with Crippen molar-refractivity contribution in [2.75, 3.05) is 84.8 Å². The smallest absolute Gasteiger partial charge is 0.410 e. The Morgan fingerprint density at radius 3 is 1.61 bits per heavy atom. The van der Waals surface area contributed by atoms with Gasteiger partial charge in [0.15, 0.2) is 0 Å². The summed E-state index contributed by atoms with van der Waals surface area (Å²) in [6, 6.07) is 19.3. The van der Waals surface area contributed by atoms with E-state index in [9.17, 15) is 24.0 Å². The van der Waals surface area contributed by atoms with E-state index in [4.69, 9.17) is 14.2 Å². The number of pyridine rings is 4. The molecule has 19 nitrogen and oxygen atoms in total. The van der Waals surface area contributed by atoms with E-state index in [0.29, 0.717) is 97.7 Å². The summed E-state index contributed by atoms with van der Waals surface area (Å²) < 4.78 is 16.8. The largest absolute Gasteiger partial charge is 0.497 e. The van der Waals surface area contributed by atoms with Crippen LogP contribution in [0.2, 0.25) is 0 Å². The van der Waals surface area contributed by atoms with Gasteiger partial charge in [0.05, 0.1) is 48.8 Å². The van der Waals surface area contributed by atoms with E-state index in [1.807, 2.05) is 65.8 Å². The number of amides is 5. The first-order valence-corrected chi connectivity index (χ1v) is 23.2. The fourth-order valence-corrected chi connectivity index (χ4v) is 7.97. The molecule has 69 heavy (non-hydrogen) atoms. The van der Waals surface area contributed by atoms with Crippen molar-refractivity contribution < 1.29 is 38.2 Å². The number of anilines is 5. The number of hydrogen-bond acceptors (Lipinski definition) is 14. The van der Waals surface area contributed by atoms with Gasteiger partial charge in [0.25, 0.3) is 17.7 Å². The summed E-state index contributed by atoms with van der Waals surface area (Å²) in [6.07, 6.45) is 5.91. The molecule has 0 atom stereocenters. The van der Waals surface area contributed by atoms with Crippen molar-refractivity contribution in [3.8, 4) is 5.75 Å². The molecule has 2 N–H and O–H groups in total. The van der Waals surface area contributed by atoms with Crippen LogP contribution in [0.25, 0.3) is 0 Å². The fraction of sp³-hybridized carbons (Fsp3) is 0.367. The monoisotopic (exact) mass is 1010 g/mol. The van der Waals surface area contributed by atoms with E-state index >= 15 is 0 Å². The van der Waals surface area contributed by atoms with Gasteiger partial charge in [-0.2, -0.15) is 0 Å². The number of benzene rings is 1. The summed E-state index contributed by atoms with van der Waals surface area (Å²) in [6.45, 7) is 15.9. The number of nitrogens with one attached hydrogen (secondary N) is 2. The Kier molecular flexibility index (Phi) is 15.3. The van der Waals surface area contributed by atoms with Crippen LogP contribution in [0.3, 0.4) is 0 Å². The first kappa shape index (κ1) is 49.6. The van der Waals surface area contributed by atoms with Crippen molar-refractivity contribution in [1.82, 2.24) is 29.7 Å². The molecule has 4 aromatic heterocycles. The SMILES string of the molecule is CC(C)(C)OC(=O)N1CCN(c2ccncc2NC(=O)c2cccc(Br)n2)CC1.COc1ccc2c(c1)C(=O)N(c1cccc(C(=O)Nc3cnccc3N3CCN(C(=O)OC(C)(C)C)CC3)n1)C2. The molecule has 0 bridgehead atoms. The van der Waals surface area contributed by atoms with Gasteiger partial charge in [-0.25, -0.2) is 19.6 Å². The summed E-state index contributed by atoms with van der Waals surface area (Å²) in [5, 5.41) is 5.80. The highest BCUT2D eigenvalue weighted by atomic mass is 79.9. The van der Waals surface area contributed by atoms with E-state index in [0.717, 1.165) is 16.9 Å². The first-order chi connectivity index (χ1) is 32.9. The molecular formula is C49H56BrN11O8. The predicted molar refractivity (Wildman–Crippen MR) is 264 cm³/mol. The highest BCUT2D eigenvalue weighted by Gasteiger charge is 2.32. The van der Waals surface area contributed by atoms with Gasteiger partial charge in [-0.15, -0.1) is 0 Å². The van der Waals surface area contributed by atoms with Crippen molar-refractivity contribution in [3.05, 3.63) is 119 Å². The number of carbonyl (C=O) groups is 5. The van der Waals surface area contributed by atoms with E-state index in [2.05, 4.69) is 56.3 Å². The third kappa shape index (κ3) is 12.8. The molecule has 0 unspecified atom stereocenters. The van der Waals surface area contributed by atoms with E-state index < -0.39 is 17.1 Å². The lowest BCUT2D eigenvalue weighted by Crippen LogP contribution is -2.50. The maximum Gasteiger partial charge on any atom is 0.410 e. The number of piperazine rings is 2. The number of carbonyl (C=O) groups excluding carboxylic acids is 5. The van der Waals surface area contributed by atoms with Crippen molar-refractivity contribution >= 4 is 74.4 Å². The zero-order chi connectivity index (χ0) is 49.5. The van der Waals surface area contributed by atoms with Crippen LogP contribution in [-0.2, 0) is 16.0 Å². The van der Waals surface area contributed by atoms with Crippen molar-refractivity contribution in [2.24, 2.45) is 0 Å². The Balaban J connectivity index is 0.000000215. The molecule has 2 saturated heterocycles. The average molecular weight is 1010 g/mol. The lowest BCUT2D eigenvalue weighted by atomic mass is 10.1. The van der Waals surface area contributed by atoms with Crippen LogP contribution in [0.15, 0.2) is 96.1 Å². The molecule has 5 aromatic rings. The summed E-state index contributed by atoms with van der Waals surface area (Å²) in [5.41, 5.74) is 3.62. The minimum atomic E-state index is -0.554. The zero-order valence-corrected chi connectivity index (χ0v) is 41.3. The van der Waals surface area contributed by atoms with Crippen molar-refractivity contribution in [3.63, 3.8) is 0 Å². The molecular weight excluding hydrogens is 951 g/mol. The number of rotatable bonds is 8. The lowest BCUT2D eigenvalue weighted by molar-refractivity contribution is 0.0230. The molecule has 20 heteroatoms. The first-order valence-electron chi connectivity index (χ1n) is 22.4. The molecule has 0 radical (unpaired) electrons. The summed E-state index contributed by atoms with van der Waals surface area (Å²) in [7, 11) is 1.56. The average Bonchev–Trinajstić information content (AvgIpc) is 3.66. The van der Waals surface area contributed by atoms with E-state index in [1.165, 1.54) is 0 Å². The zero-order valence-electron chi connectivity index (χ0n) is 39.7. The Morgan fingerprint density at radius 2 is 1.13 bits per heavy atom. The Morgan fingerprint density at radius 1 is 0.638 bits per heavy atom. The standard InChI is InChI=1S/C29H32N6O5.C20H24BrN5O3/c1-29(2,3)40-28(38)34-14-12-33(13-15-34)24-10-11-30-17-23(24)32-26(36)22-6-5-7-25(31-22)35-18-19-8-9-20(39-4)16-21(19)27(35)37;1-20(2,3)29-19(28)26-11-9-25(10-12-26)16-7-8-22-13-15(16)24-18(27)14-5-4-6-17(21)23-14/h5-11,16-17H,12-15,18H2,1-4H3,(H,32,36);4-8,13H,9-12H2,1-3H3,(H,24,27). The van der Waals surface area contributed by atoms with Gasteiger partial charge in [-0.1, -0.05) is 18.2 Å². The second kappa shape index (κ2) is 21.3. The van der Waals surface area contributed by atoms with Crippen LogP contribution in [0.5, 0.6) is 5.75 Å². The van der Waals surface area contributed by atoms with Gasteiger partial charge >= 0.3 is 12.2 Å². The predicted octanol–water partition coefficient (Wildman–Crippen LogP) is 7.50. The highest BCUT2D eigenvalue weighted by Crippen LogP contribution is 2.32. The van der Waals surface area contributed by atoms with Crippen molar-refractivity contribution in [1.29, 1.82) is 0 Å². The van der Waals surface area contributed by atoms with Gasteiger partial charge in [0.1, 0.15) is 38.8 Å². The maximum absolute atomic E-state index is 13.3. The van der Waals surface area contributed by atoms with Crippen LogP contribution in [0, 0.1) is 0 Å². The normalized spacial score (nSPS) is 14.8. The molecule has 1 aromatic carbocycles. The highest BCUT2D eigenvalue weighted by molar-refractivity contribution is 9.10. The minimum Gasteiger partial charge on any atom is -0.497 e. The number of hydrogen-bond donors (Lipinski definition) is 2. The van der Waals surface area contributed by atoms with Crippen molar-refractivity contribution in [2.45, 2.75) is 59.3 Å². The number of aromatic nitrogens is 4. The van der Waals surface area contributed by atoms with Gasteiger partial charge in [0.2, 0.25) is 0 Å². The third-order valence-corrected chi connectivity index (χ3v) is 11.4. The molecule has 8 rings (SSSR count). The topological polar surface area (TPSA) is 205 Å². The van der Waals surface area contributed by atoms with Crippen LogP contribution < -0.4 is 30.1 Å². The Hall–Kier alpha value is -7.35. The molecule has 7 heterocycles. The number of fused-ring (bicyclic) bond motifs is 1. The molecule has 2 fully saturated rings. The second-order valence-corrected chi connectivity index (χ2v) is 19.1. The molecule has 362 valence electrons. The van der Waals surface area contributed by atoms with Gasteiger partial charge < -0.3 is 44.4 Å². The molecule has 5 amide bonds. The van der Waals surface area contributed by atoms with E-state index in [-0.39, 0.29) is 29.7 Å². The number of halogens is 1. The molecule has 0 aliphatic carbocycles. The molecule has 0 saturated carbocycles. The number of ether oxygens (including phenoxy) is 3. The summed E-state index contributed by atoms with van der Waals surface area (Å²) in [4.78, 5) is 89.7. The minimum absolute atomic E-state index is 0.170. The maximum atomic E-state index is 13.3. The van der Waals surface area contributed by atoms with Crippen LogP contribution in [-0.4, -0.2) is 130 Å². The Labute approximate surface area is 409 Å². The summed E-state index contributed by atoms with van der Waals surface area (Å²) in [5.74, 6) is 0.0624. The van der Waals surface area contributed by atoms with Gasteiger partial charge in [0, 0.05) is 70.3 Å². The molecule has 0 spiro atoms. The fourth-order valence-electron chi connectivity index (χ4n) is 7.63. The third-order valence-electron chi connectivity index (χ3n) is 10.9. The van der Waals surface area contributed by atoms with Crippen LogP contribution >= 0.6 is 15.9 Å². The van der Waals surface area contributed by atoms with Gasteiger partial charge in [-0.05, 0) is 112 Å². The number of nitrogens with zero attached hydrogens (tertiary/aromatic N) is 9. The Bertz CT molecular complexity index is 2690. The van der Waals surface area contributed by atoms with E-state index in [1.54, 1.807) is 89.1 Å². The van der Waals surface area contributed by atoms with Crippen LogP contribution in [0.4, 0.5) is 38.2 Å². The van der Waals surface area contributed by atoms with Gasteiger partial charge in [-0.3, -0.25) is 29.3 Å². The summed E-state index contributed by atoms with van der Waals surface area (Å²) >= 11 is 3.27. The quantitative estimate of drug-likeness (QED) is 0.145.